The number of carbonyl (C=O) groups excluding carboxylic acids is 1. The summed E-state index contributed by atoms with van der Waals surface area (Å²) in [4.78, 5) is 21.4. The predicted octanol–water partition coefficient (Wildman–Crippen LogP) is 1.64. The molecule has 1 aliphatic rings. The van der Waals surface area contributed by atoms with Crippen molar-refractivity contribution in [2.75, 3.05) is 25.0 Å². The molecule has 116 valence electrons. The van der Waals surface area contributed by atoms with Crippen LogP contribution < -0.4 is 10.6 Å². The van der Waals surface area contributed by atoms with Crippen LogP contribution in [0.25, 0.3) is 0 Å². The normalized spacial score (nSPS) is 19.0. The van der Waals surface area contributed by atoms with Crippen LogP contribution in [0.2, 0.25) is 0 Å². The van der Waals surface area contributed by atoms with E-state index >= 15 is 0 Å². The van der Waals surface area contributed by atoms with E-state index in [4.69, 9.17) is 0 Å². The van der Waals surface area contributed by atoms with E-state index in [-0.39, 0.29) is 18.6 Å². The fraction of sp³-hybridized carbons (Fsp3) is 0.615. The van der Waals surface area contributed by atoms with Gasteiger partial charge in [-0.1, -0.05) is 0 Å². The standard InChI is InChI=1S/C13H19F2N5O/c1-9-16-5-10(6-17-9)19-13(21)18-7-11-3-2-4-20(11)8-12(14)15/h5-6,11-12H,2-4,7-8H2,1H3,(H2,18,19,21). The second-order valence-corrected chi connectivity index (χ2v) is 5.04. The maximum absolute atomic E-state index is 12.4. The van der Waals surface area contributed by atoms with Gasteiger partial charge in [-0.05, 0) is 26.3 Å². The lowest BCUT2D eigenvalue weighted by Crippen LogP contribution is -2.43. The summed E-state index contributed by atoms with van der Waals surface area (Å²) in [6, 6.07) is -0.412. The van der Waals surface area contributed by atoms with E-state index in [2.05, 4.69) is 20.6 Å². The fourth-order valence-corrected chi connectivity index (χ4v) is 2.39. The summed E-state index contributed by atoms with van der Waals surface area (Å²) in [6.45, 7) is 2.52. The molecule has 0 spiro atoms. The smallest absolute Gasteiger partial charge is 0.319 e. The summed E-state index contributed by atoms with van der Waals surface area (Å²) >= 11 is 0. The van der Waals surface area contributed by atoms with Crippen LogP contribution in [0.3, 0.4) is 0 Å². The van der Waals surface area contributed by atoms with Gasteiger partial charge >= 0.3 is 6.03 Å². The minimum atomic E-state index is -2.34. The Morgan fingerprint density at radius 2 is 2.19 bits per heavy atom. The highest BCUT2D eigenvalue weighted by Gasteiger charge is 2.26. The fourth-order valence-electron chi connectivity index (χ4n) is 2.39. The third-order valence-corrected chi connectivity index (χ3v) is 3.41. The molecule has 1 unspecified atom stereocenters. The van der Waals surface area contributed by atoms with E-state index in [0.29, 0.717) is 24.6 Å². The largest absolute Gasteiger partial charge is 0.336 e. The summed E-state index contributed by atoms with van der Waals surface area (Å²) in [7, 11) is 0. The Morgan fingerprint density at radius 1 is 1.48 bits per heavy atom. The second-order valence-electron chi connectivity index (χ2n) is 5.04. The molecule has 0 saturated carbocycles. The first kappa shape index (κ1) is 15.6. The van der Waals surface area contributed by atoms with Gasteiger partial charge < -0.3 is 10.6 Å². The molecule has 1 aliphatic heterocycles. The van der Waals surface area contributed by atoms with Crippen molar-refractivity contribution >= 4 is 11.7 Å². The predicted molar refractivity (Wildman–Crippen MR) is 74.4 cm³/mol. The number of urea groups is 1. The highest BCUT2D eigenvalue weighted by molar-refractivity contribution is 5.88. The third kappa shape index (κ3) is 4.89. The van der Waals surface area contributed by atoms with Gasteiger partial charge in [0.1, 0.15) is 5.82 Å². The van der Waals surface area contributed by atoms with Crippen LogP contribution in [-0.2, 0) is 0 Å². The number of nitrogens with one attached hydrogen (secondary N) is 2. The zero-order chi connectivity index (χ0) is 15.2. The molecular formula is C13H19F2N5O. The lowest BCUT2D eigenvalue weighted by atomic mass is 10.2. The molecule has 1 saturated heterocycles. The van der Waals surface area contributed by atoms with Gasteiger partial charge in [0.2, 0.25) is 0 Å². The zero-order valence-electron chi connectivity index (χ0n) is 11.9. The molecule has 1 aromatic rings. The van der Waals surface area contributed by atoms with E-state index in [1.807, 2.05) is 0 Å². The minimum Gasteiger partial charge on any atom is -0.336 e. The number of aryl methyl sites for hydroxylation is 1. The number of carbonyl (C=O) groups is 1. The molecule has 21 heavy (non-hydrogen) atoms. The Balaban J connectivity index is 1.76. The van der Waals surface area contributed by atoms with Gasteiger partial charge in [-0.3, -0.25) is 4.90 Å². The van der Waals surface area contributed by atoms with Gasteiger partial charge in [0.25, 0.3) is 6.43 Å². The number of halogens is 2. The van der Waals surface area contributed by atoms with Crippen LogP contribution in [-0.4, -0.2) is 53.0 Å². The number of aromatic nitrogens is 2. The molecule has 1 atom stereocenters. The van der Waals surface area contributed by atoms with Gasteiger partial charge in [0.05, 0.1) is 24.6 Å². The van der Waals surface area contributed by atoms with Gasteiger partial charge in [-0.2, -0.15) is 0 Å². The number of likely N-dealkylation sites (tertiary alicyclic amines) is 1. The number of hydrogen-bond acceptors (Lipinski definition) is 4. The van der Waals surface area contributed by atoms with Crippen molar-refractivity contribution in [3.05, 3.63) is 18.2 Å². The number of amides is 2. The molecule has 2 heterocycles. The number of hydrogen-bond donors (Lipinski definition) is 2. The highest BCUT2D eigenvalue weighted by Crippen LogP contribution is 2.17. The lowest BCUT2D eigenvalue weighted by Gasteiger charge is -2.24. The average Bonchev–Trinajstić information content (AvgIpc) is 2.85. The Bertz CT molecular complexity index is 468. The quantitative estimate of drug-likeness (QED) is 0.867. The van der Waals surface area contributed by atoms with Crippen LogP contribution in [0.5, 0.6) is 0 Å². The van der Waals surface area contributed by atoms with Crippen molar-refractivity contribution in [1.82, 2.24) is 20.2 Å². The van der Waals surface area contributed by atoms with Crippen LogP contribution in [0.4, 0.5) is 19.3 Å². The number of anilines is 1. The van der Waals surface area contributed by atoms with E-state index in [0.717, 1.165) is 12.8 Å². The van der Waals surface area contributed by atoms with Gasteiger partial charge in [0.15, 0.2) is 0 Å². The molecule has 1 aromatic heterocycles. The molecule has 0 bridgehead atoms. The first-order valence-electron chi connectivity index (χ1n) is 6.90. The molecule has 1 fully saturated rings. The van der Waals surface area contributed by atoms with Crippen LogP contribution in [0.15, 0.2) is 12.4 Å². The van der Waals surface area contributed by atoms with Crippen molar-refractivity contribution in [2.45, 2.75) is 32.2 Å². The number of rotatable bonds is 5. The van der Waals surface area contributed by atoms with E-state index < -0.39 is 6.43 Å². The van der Waals surface area contributed by atoms with Crippen molar-refractivity contribution in [2.24, 2.45) is 0 Å². The maximum Gasteiger partial charge on any atom is 0.319 e. The van der Waals surface area contributed by atoms with E-state index in [1.54, 1.807) is 11.8 Å². The molecule has 6 nitrogen and oxygen atoms in total. The Morgan fingerprint density at radius 3 is 2.86 bits per heavy atom. The van der Waals surface area contributed by atoms with Crippen LogP contribution in [0, 0.1) is 6.92 Å². The Labute approximate surface area is 122 Å². The third-order valence-electron chi connectivity index (χ3n) is 3.41. The monoisotopic (exact) mass is 299 g/mol. The first-order chi connectivity index (χ1) is 10.0. The Kier molecular flexibility index (Phi) is 5.38. The SMILES string of the molecule is Cc1ncc(NC(=O)NCC2CCCN2CC(F)F)cn1. The summed E-state index contributed by atoms with van der Waals surface area (Å²) in [5, 5.41) is 5.31. The van der Waals surface area contributed by atoms with Crippen LogP contribution >= 0.6 is 0 Å². The van der Waals surface area contributed by atoms with Gasteiger partial charge in [-0.25, -0.2) is 23.5 Å². The topological polar surface area (TPSA) is 70.2 Å². The van der Waals surface area contributed by atoms with E-state index in [1.165, 1.54) is 12.4 Å². The number of nitrogens with zero attached hydrogens (tertiary/aromatic N) is 3. The maximum atomic E-state index is 12.4. The summed E-state index contributed by atoms with van der Waals surface area (Å²) in [5.74, 6) is 0.620. The Hall–Kier alpha value is -1.83. The van der Waals surface area contributed by atoms with E-state index in [9.17, 15) is 13.6 Å². The minimum absolute atomic E-state index is 0.0287. The number of alkyl halides is 2. The second kappa shape index (κ2) is 7.26. The molecule has 2 amide bonds. The average molecular weight is 299 g/mol. The lowest BCUT2D eigenvalue weighted by molar-refractivity contribution is 0.0826. The van der Waals surface area contributed by atoms with Crippen molar-refractivity contribution in [3.8, 4) is 0 Å². The highest BCUT2D eigenvalue weighted by atomic mass is 19.3. The molecule has 2 N–H and O–H groups in total. The van der Waals surface area contributed by atoms with Crippen molar-refractivity contribution < 1.29 is 13.6 Å². The molecule has 0 aromatic carbocycles. The summed E-state index contributed by atoms with van der Waals surface area (Å²) in [5.41, 5.74) is 0.494. The van der Waals surface area contributed by atoms with Crippen molar-refractivity contribution in [3.63, 3.8) is 0 Å². The van der Waals surface area contributed by atoms with Crippen molar-refractivity contribution in [1.29, 1.82) is 0 Å². The summed E-state index contributed by atoms with van der Waals surface area (Å²) < 4.78 is 24.8. The van der Waals surface area contributed by atoms with Crippen LogP contribution in [0.1, 0.15) is 18.7 Å². The molecule has 0 aliphatic carbocycles. The summed E-state index contributed by atoms with van der Waals surface area (Å²) in [6.07, 6.45) is 2.39. The van der Waals surface area contributed by atoms with Gasteiger partial charge in [-0.15, -0.1) is 0 Å². The molecule has 0 radical (unpaired) electrons. The zero-order valence-corrected chi connectivity index (χ0v) is 11.9. The first-order valence-corrected chi connectivity index (χ1v) is 6.90. The van der Waals surface area contributed by atoms with Gasteiger partial charge in [0, 0.05) is 12.6 Å². The molecule has 2 rings (SSSR count). The molecular weight excluding hydrogens is 280 g/mol. The molecule has 8 heteroatoms.